The van der Waals surface area contributed by atoms with Crippen LogP contribution in [0.25, 0.3) is 0 Å². The third-order valence-electron chi connectivity index (χ3n) is 5.74. The molecule has 1 N–H and O–H groups in total. The molecule has 0 spiro atoms. The van der Waals surface area contributed by atoms with Crippen molar-refractivity contribution in [3.05, 3.63) is 89.5 Å². The van der Waals surface area contributed by atoms with E-state index in [2.05, 4.69) is 4.74 Å². The van der Waals surface area contributed by atoms with Gasteiger partial charge in [0.15, 0.2) is 5.72 Å². The molecule has 0 bridgehead atoms. The number of aliphatic hydroxyl groups is 1. The number of halogens is 3. The van der Waals surface area contributed by atoms with E-state index in [1.54, 1.807) is 37.3 Å². The van der Waals surface area contributed by atoms with E-state index in [4.69, 9.17) is 0 Å². The maximum absolute atomic E-state index is 13.7. The molecule has 4 rings (SSSR count). The van der Waals surface area contributed by atoms with Crippen molar-refractivity contribution in [3.8, 4) is 5.75 Å². The van der Waals surface area contributed by atoms with Crippen molar-refractivity contribution in [2.75, 3.05) is 9.80 Å². The molecule has 0 aliphatic carbocycles. The molecule has 1 aliphatic heterocycles. The number of anilines is 2. The van der Waals surface area contributed by atoms with Crippen LogP contribution in [0.4, 0.5) is 29.3 Å². The van der Waals surface area contributed by atoms with E-state index < -0.39 is 29.9 Å². The lowest BCUT2D eigenvalue weighted by Gasteiger charge is -2.36. The summed E-state index contributed by atoms with van der Waals surface area (Å²) in [6.07, 6.45) is -4.89. The average Bonchev–Trinajstić information content (AvgIpc) is 2.93. The summed E-state index contributed by atoms with van der Waals surface area (Å²) in [5.41, 5.74) is 0.904. The second kappa shape index (κ2) is 8.12. The predicted octanol–water partition coefficient (Wildman–Crippen LogP) is 5.88. The first-order valence-electron chi connectivity index (χ1n) is 10.4. The SMILES string of the molecule is Cc1cccc(N2C(=O)N(c3cccc(C)c3)C(O)(c3cccc(OC(F)(F)F)c3)C2C)c1. The van der Waals surface area contributed by atoms with Crippen molar-refractivity contribution in [2.24, 2.45) is 0 Å². The summed E-state index contributed by atoms with van der Waals surface area (Å²) < 4.78 is 42.6. The van der Waals surface area contributed by atoms with Gasteiger partial charge < -0.3 is 9.84 Å². The maximum Gasteiger partial charge on any atom is 0.573 e. The van der Waals surface area contributed by atoms with Crippen LogP contribution in [-0.2, 0) is 5.72 Å². The fraction of sp³-hybridized carbons (Fsp3) is 0.240. The number of nitrogens with zero attached hydrogens (tertiary/aromatic N) is 2. The highest BCUT2D eigenvalue weighted by atomic mass is 19.4. The molecule has 0 radical (unpaired) electrons. The zero-order valence-corrected chi connectivity index (χ0v) is 18.3. The predicted molar refractivity (Wildman–Crippen MR) is 119 cm³/mol. The van der Waals surface area contributed by atoms with E-state index in [0.29, 0.717) is 11.4 Å². The Morgan fingerprint density at radius 1 is 0.909 bits per heavy atom. The van der Waals surface area contributed by atoms with Crippen molar-refractivity contribution in [2.45, 2.75) is 38.9 Å². The largest absolute Gasteiger partial charge is 0.573 e. The van der Waals surface area contributed by atoms with E-state index in [1.165, 1.54) is 21.9 Å². The highest BCUT2D eigenvalue weighted by molar-refractivity contribution is 6.08. The first kappa shape index (κ1) is 22.7. The lowest BCUT2D eigenvalue weighted by Crippen LogP contribution is -2.48. The molecule has 1 aliphatic rings. The van der Waals surface area contributed by atoms with Gasteiger partial charge in [-0.15, -0.1) is 13.2 Å². The molecule has 5 nitrogen and oxygen atoms in total. The van der Waals surface area contributed by atoms with Crippen LogP contribution in [0.15, 0.2) is 72.8 Å². The zero-order chi connectivity index (χ0) is 24.0. The Morgan fingerprint density at radius 2 is 1.48 bits per heavy atom. The van der Waals surface area contributed by atoms with E-state index in [1.807, 2.05) is 32.0 Å². The topological polar surface area (TPSA) is 53.0 Å². The molecule has 33 heavy (non-hydrogen) atoms. The van der Waals surface area contributed by atoms with Crippen molar-refractivity contribution in [1.29, 1.82) is 0 Å². The van der Waals surface area contributed by atoms with Gasteiger partial charge in [0.25, 0.3) is 0 Å². The van der Waals surface area contributed by atoms with Crippen LogP contribution in [0.1, 0.15) is 23.6 Å². The van der Waals surface area contributed by atoms with Gasteiger partial charge in [-0.05, 0) is 68.3 Å². The minimum Gasteiger partial charge on any atom is -0.406 e. The maximum atomic E-state index is 13.7. The highest BCUT2D eigenvalue weighted by Gasteiger charge is 2.57. The second-order valence-corrected chi connectivity index (χ2v) is 8.14. The summed E-state index contributed by atoms with van der Waals surface area (Å²) in [5, 5.41) is 12.1. The van der Waals surface area contributed by atoms with Crippen LogP contribution < -0.4 is 14.5 Å². The number of hydrogen-bond donors (Lipinski definition) is 1. The van der Waals surface area contributed by atoms with E-state index in [-0.39, 0.29) is 5.56 Å². The average molecular weight is 456 g/mol. The second-order valence-electron chi connectivity index (χ2n) is 8.14. The van der Waals surface area contributed by atoms with Gasteiger partial charge in [-0.2, -0.15) is 0 Å². The minimum atomic E-state index is -4.89. The van der Waals surface area contributed by atoms with E-state index in [0.717, 1.165) is 23.3 Å². The molecule has 1 heterocycles. The van der Waals surface area contributed by atoms with Gasteiger partial charge in [0.1, 0.15) is 5.75 Å². The van der Waals surface area contributed by atoms with Gasteiger partial charge in [-0.3, -0.25) is 9.80 Å². The fourth-order valence-electron chi connectivity index (χ4n) is 4.26. The monoisotopic (exact) mass is 456 g/mol. The van der Waals surface area contributed by atoms with E-state index >= 15 is 0 Å². The summed E-state index contributed by atoms with van der Waals surface area (Å²) >= 11 is 0. The van der Waals surface area contributed by atoms with Crippen LogP contribution in [0, 0.1) is 13.8 Å². The van der Waals surface area contributed by atoms with Gasteiger partial charge in [-0.25, -0.2) is 4.79 Å². The molecule has 2 unspecified atom stereocenters. The number of carbonyl (C=O) groups excluding carboxylic acids is 1. The Kier molecular flexibility index (Phi) is 5.57. The number of aryl methyl sites for hydroxylation is 2. The molecular formula is C25H23F3N2O3. The molecular weight excluding hydrogens is 433 g/mol. The Balaban J connectivity index is 1.89. The number of urea groups is 1. The standard InChI is InChI=1S/C25H23F3N2O3/c1-16-7-4-10-20(13-16)29-18(3)24(32,19-9-6-12-22(15-19)33-25(26,27)28)30(23(29)31)21-11-5-8-17(2)14-21/h4-15,18,32H,1-3H3. The Labute approximate surface area is 189 Å². The van der Waals surface area contributed by atoms with Crippen molar-refractivity contribution in [1.82, 2.24) is 0 Å². The van der Waals surface area contributed by atoms with Crippen LogP contribution in [0.5, 0.6) is 5.75 Å². The highest BCUT2D eigenvalue weighted by Crippen LogP contribution is 2.45. The van der Waals surface area contributed by atoms with Crippen LogP contribution in [0.2, 0.25) is 0 Å². The van der Waals surface area contributed by atoms with Crippen molar-refractivity contribution in [3.63, 3.8) is 0 Å². The third kappa shape index (κ3) is 4.14. The normalized spacial score (nSPS) is 20.9. The molecule has 1 fully saturated rings. The smallest absolute Gasteiger partial charge is 0.406 e. The van der Waals surface area contributed by atoms with E-state index in [9.17, 15) is 23.1 Å². The number of benzene rings is 3. The van der Waals surface area contributed by atoms with Crippen LogP contribution >= 0.6 is 0 Å². The summed E-state index contributed by atoms with van der Waals surface area (Å²) in [6, 6.07) is 18.0. The lowest BCUT2D eigenvalue weighted by atomic mass is 9.94. The summed E-state index contributed by atoms with van der Waals surface area (Å²) in [6.45, 7) is 5.40. The molecule has 3 aromatic rings. The number of amides is 2. The number of rotatable bonds is 4. The summed E-state index contributed by atoms with van der Waals surface area (Å²) in [7, 11) is 0. The molecule has 0 aromatic heterocycles. The zero-order valence-electron chi connectivity index (χ0n) is 18.3. The Hall–Kier alpha value is -3.52. The molecule has 172 valence electrons. The van der Waals surface area contributed by atoms with Gasteiger partial charge in [0, 0.05) is 16.9 Å². The van der Waals surface area contributed by atoms with Gasteiger partial charge in [-0.1, -0.05) is 36.4 Å². The lowest BCUT2D eigenvalue weighted by molar-refractivity contribution is -0.274. The third-order valence-corrected chi connectivity index (χ3v) is 5.74. The van der Waals surface area contributed by atoms with Crippen molar-refractivity contribution >= 4 is 17.4 Å². The van der Waals surface area contributed by atoms with Crippen LogP contribution in [-0.4, -0.2) is 23.5 Å². The summed E-state index contributed by atoms with van der Waals surface area (Å²) in [5.74, 6) is -0.480. The molecule has 3 aromatic carbocycles. The molecule has 1 saturated heterocycles. The number of carbonyl (C=O) groups is 1. The molecule has 2 atom stereocenters. The fourth-order valence-corrected chi connectivity index (χ4v) is 4.26. The molecule has 8 heteroatoms. The van der Waals surface area contributed by atoms with Crippen molar-refractivity contribution < 1.29 is 27.8 Å². The Morgan fingerprint density at radius 3 is 2.09 bits per heavy atom. The molecule has 0 saturated carbocycles. The minimum absolute atomic E-state index is 0.0989. The van der Waals surface area contributed by atoms with Gasteiger partial charge >= 0.3 is 12.4 Å². The van der Waals surface area contributed by atoms with Gasteiger partial charge in [0.05, 0.1) is 6.04 Å². The number of alkyl halides is 3. The number of hydrogen-bond acceptors (Lipinski definition) is 3. The first-order valence-corrected chi connectivity index (χ1v) is 10.4. The first-order chi connectivity index (χ1) is 15.5. The van der Waals surface area contributed by atoms with Gasteiger partial charge in [0.2, 0.25) is 0 Å². The Bertz CT molecular complexity index is 1200. The molecule has 2 amide bonds. The quantitative estimate of drug-likeness (QED) is 0.533. The number of ether oxygens (including phenoxy) is 1. The summed E-state index contributed by atoms with van der Waals surface area (Å²) in [4.78, 5) is 16.4. The van der Waals surface area contributed by atoms with Crippen LogP contribution in [0.3, 0.4) is 0 Å².